The molecule has 2 aromatic carbocycles. The molecule has 0 saturated carbocycles. The van der Waals surface area contributed by atoms with Gasteiger partial charge in [-0.1, -0.05) is 30.3 Å². The molecule has 0 aliphatic heterocycles. The molecule has 0 heterocycles. The molecule has 0 spiro atoms. The van der Waals surface area contributed by atoms with Gasteiger partial charge in [-0.05, 0) is 23.8 Å². The summed E-state index contributed by atoms with van der Waals surface area (Å²) in [6.07, 6.45) is 0. The Labute approximate surface area is 179 Å². The Morgan fingerprint density at radius 3 is 2.29 bits per heavy atom. The first kappa shape index (κ1) is 24.0. The lowest BCUT2D eigenvalue weighted by molar-refractivity contribution is -0.0504. The maximum atomic E-state index is 12.5. The fourth-order valence-electron chi connectivity index (χ4n) is 2.24. The average molecular weight is 526 g/mol. The average Bonchev–Trinajstić information content (AvgIpc) is 2.62. The summed E-state index contributed by atoms with van der Waals surface area (Å²) in [7, 11) is -2.16. The van der Waals surface area contributed by atoms with Gasteiger partial charge >= 0.3 is 6.61 Å². The number of sulfonamides is 1. The van der Waals surface area contributed by atoms with Gasteiger partial charge in [0.25, 0.3) is 0 Å². The van der Waals surface area contributed by atoms with E-state index < -0.39 is 16.6 Å². The van der Waals surface area contributed by atoms with Gasteiger partial charge in [-0.2, -0.15) is 8.78 Å². The molecule has 4 N–H and O–H groups in total. The maximum absolute atomic E-state index is 12.5. The van der Waals surface area contributed by atoms with Gasteiger partial charge in [0.2, 0.25) is 10.0 Å². The normalized spacial score (nSPS) is 11.7. The molecule has 0 aromatic heterocycles. The van der Waals surface area contributed by atoms with Gasteiger partial charge in [-0.15, -0.1) is 24.0 Å². The van der Waals surface area contributed by atoms with Gasteiger partial charge in [0.15, 0.2) is 5.96 Å². The van der Waals surface area contributed by atoms with Crippen molar-refractivity contribution in [2.24, 2.45) is 10.1 Å². The molecule has 11 heteroatoms. The molecule has 7 nitrogen and oxygen atoms in total. The number of guanidine groups is 1. The van der Waals surface area contributed by atoms with E-state index in [1.165, 1.54) is 18.2 Å². The van der Waals surface area contributed by atoms with Crippen LogP contribution in [0.1, 0.15) is 11.1 Å². The molecule has 28 heavy (non-hydrogen) atoms. The fraction of sp³-hybridized carbons (Fsp3) is 0.235. The van der Waals surface area contributed by atoms with E-state index >= 15 is 0 Å². The molecule has 2 rings (SSSR count). The monoisotopic (exact) mass is 526 g/mol. The number of benzene rings is 2. The van der Waals surface area contributed by atoms with E-state index in [4.69, 9.17) is 5.14 Å². The van der Waals surface area contributed by atoms with E-state index in [1.54, 1.807) is 37.4 Å². The zero-order valence-corrected chi connectivity index (χ0v) is 18.1. The summed E-state index contributed by atoms with van der Waals surface area (Å²) >= 11 is 0. The van der Waals surface area contributed by atoms with Crippen LogP contribution in [-0.4, -0.2) is 28.0 Å². The van der Waals surface area contributed by atoms with Crippen molar-refractivity contribution in [1.29, 1.82) is 0 Å². The zero-order valence-electron chi connectivity index (χ0n) is 14.9. The standard InChI is InChI=1S/C17H20F2N4O3S.HI/c1-21-17(22-10-12-6-8-14(9-7-12)27(20,24)25)23-11-13-4-2-3-5-15(13)26-16(18)19;/h2-9,16H,10-11H2,1H3,(H2,20,24,25)(H2,21,22,23);1H. The Kier molecular flexibility index (Phi) is 9.55. The van der Waals surface area contributed by atoms with Crippen molar-refractivity contribution in [3.8, 4) is 5.75 Å². The van der Waals surface area contributed by atoms with Crippen LogP contribution in [0.2, 0.25) is 0 Å². The minimum absolute atomic E-state index is 0. The van der Waals surface area contributed by atoms with E-state index in [0.717, 1.165) is 5.56 Å². The number of rotatable bonds is 7. The minimum Gasteiger partial charge on any atom is -0.434 e. The van der Waals surface area contributed by atoms with E-state index in [9.17, 15) is 17.2 Å². The van der Waals surface area contributed by atoms with E-state index in [0.29, 0.717) is 18.1 Å². The molecule has 0 bridgehead atoms. The summed E-state index contributed by atoms with van der Waals surface area (Å²) in [6, 6.07) is 12.6. The SMILES string of the molecule is CN=C(NCc1ccc(S(N)(=O)=O)cc1)NCc1ccccc1OC(F)F.I. The van der Waals surface area contributed by atoms with Crippen molar-refractivity contribution in [3.05, 3.63) is 59.7 Å². The Hall–Kier alpha value is -1.99. The number of alkyl halides is 2. The highest BCUT2D eigenvalue weighted by molar-refractivity contribution is 14.0. The number of ether oxygens (including phenoxy) is 1. The number of nitrogens with zero attached hydrogens (tertiary/aromatic N) is 1. The molecule has 154 valence electrons. The van der Waals surface area contributed by atoms with Crippen LogP contribution in [0.3, 0.4) is 0 Å². The summed E-state index contributed by atoms with van der Waals surface area (Å²) in [5, 5.41) is 11.1. The van der Waals surface area contributed by atoms with Crippen LogP contribution in [0, 0.1) is 0 Å². The van der Waals surface area contributed by atoms with Crippen LogP contribution in [-0.2, 0) is 23.1 Å². The Morgan fingerprint density at radius 1 is 1.11 bits per heavy atom. The molecule has 0 radical (unpaired) electrons. The van der Waals surface area contributed by atoms with Gasteiger partial charge in [-0.25, -0.2) is 13.6 Å². The molecule has 0 atom stereocenters. The number of nitrogens with one attached hydrogen (secondary N) is 2. The highest BCUT2D eigenvalue weighted by atomic mass is 127. The smallest absolute Gasteiger partial charge is 0.387 e. The van der Waals surface area contributed by atoms with Crippen LogP contribution < -0.4 is 20.5 Å². The van der Waals surface area contributed by atoms with E-state index in [-0.39, 0.29) is 41.2 Å². The first-order chi connectivity index (χ1) is 12.8. The first-order valence-corrected chi connectivity index (χ1v) is 9.43. The predicted octanol–water partition coefficient (Wildman–Crippen LogP) is 2.42. The minimum atomic E-state index is -3.73. The Bertz CT molecular complexity index is 894. The van der Waals surface area contributed by atoms with Gasteiger partial charge in [0.1, 0.15) is 5.75 Å². The summed E-state index contributed by atoms with van der Waals surface area (Å²) in [4.78, 5) is 4.09. The molecular formula is C17H21F2IN4O3S. The van der Waals surface area contributed by atoms with Crippen LogP contribution in [0.5, 0.6) is 5.75 Å². The number of hydrogen-bond donors (Lipinski definition) is 3. The number of nitrogens with two attached hydrogens (primary N) is 1. The summed E-state index contributed by atoms with van der Waals surface area (Å²) in [5.41, 5.74) is 1.37. The highest BCUT2D eigenvalue weighted by Gasteiger charge is 2.10. The second kappa shape index (κ2) is 11.1. The van der Waals surface area contributed by atoms with E-state index in [1.807, 2.05) is 0 Å². The second-order valence-electron chi connectivity index (χ2n) is 5.45. The number of primary sulfonamides is 1. The molecule has 2 aromatic rings. The van der Waals surface area contributed by atoms with Crippen molar-refractivity contribution in [2.45, 2.75) is 24.6 Å². The van der Waals surface area contributed by atoms with Crippen LogP contribution in [0.15, 0.2) is 58.4 Å². The van der Waals surface area contributed by atoms with Crippen molar-refractivity contribution in [1.82, 2.24) is 10.6 Å². The number of hydrogen-bond acceptors (Lipinski definition) is 4. The molecular weight excluding hydrogens is 505 g/mol. The lowest BCUT2D eigenvalue weighted by Gasteiger charge is -2.14. The fourth-order valence-corrected chi connectivity index (χ4v) is 2.76. The summed E-state index contributed by atoms with van der Waals surface area (Å²) in [6.45, 7) is -2.30. The van der Waals surface area contributed by atoms with Gasteiger partial charge in [0, 0.05) is 25.7 Å². The lowest BCUT2D eigenvalue weighted by atomic mass is 10.2. The molecule has 0 unspecified atom stereocenters. The third kappa shape index (κ3) is 7.56. The van der Waals surface area contributed by atoms with Crippen LogP contribution >= 0.6 is 24.0 Å². The quantitative estimate of drug-likeness (QED) is 0.292. The van der Waals surface area contributed by atoms with Gasteiger partial charge < -0.3 is 15.4 Å². The lowest BCUT2D eigenvalue weighted by Crippen LogP contribution is -2.36. The summed E-state index contributed by atoms with van der Waals surface area (Å²) < 4.78 is 51.9. The third-order valence-electron chi connectivity index (χ3n) is 3.57. The van der Waals surface area contributed by atoms with E-state index in [2.05, 4.69) is 20.4 Å². The molecule has 0 saturated heterocycles. The van der Waals surface area contributed by atoms with Gasteiger partial charge in [-0.3, -0.25) is 4.99 Å². The Morgan fingerprint density at radius 2 is 1.71 bits per heavy atom. The van der Waals surface area contributed by atoms with Crippen molar-refractivity contribution in [3.63, 3.8) is 0 Å². The summed E-state index contributed by atoms with van der Waals surface area (Å²) in [5.74, 6) is 0.534. The Balaban J connectivity index is 0.00000392. The zero-order chi connectivity index (χ0) is 19.9. The third-order valence-corrected chi connectivity index (χ3v) is 4.50. The molecule has 0 aliphatic carbocycles. The second-order valence-corrected chi connectivity index (χ2v) is 7.02. The van der Waals surface area contributed by atoms with Crippen molar-refractivity contribution in [2.75, 3.05) is 7.05 Å². The number of para-hydroxylation sites is 1. The van der Waals surface area contributed by atoms with Crippen molar-refractivity contribution >= 4 is 40.0 Å². The number of aliphatic imine (C=N–C) groups is 1. The van der Waals surface area contributed by atoms with Gasteiger partial charge in [0.05, 0.1) is 4.90 Å². The topological polar surface area (TPSA) is 106 Å². The molecule has 0 amide bonds. The highest BCUT2D eigenvalue weighted by Crippen LogP contribution is 2.19. The molecule has 0 aliphatic rings. The molecule has 0 fully saturated rings. The van der Waals surface area contributed by atoms with Crippen molar-refractivity contribution < 1.29 is 21.9 Å². The van der Waals surface area contributed by atoms with Crippen LogP contribution in [0.25, 0.3) is 0 Å². The number of halogens is 3. The first-order valence-electron chi connectivity index (χ1n) is 7.88. The van der Waals surface area contributed by atoms with Crippen LogP contribution in [0.4, 0.5) is 8.78 Å². The largest absolute Gasteiger partial charge is 0.434 e. The maximum Gasteiger partial charge on any atom is 0.387 e. The predicted molar refractivity (Wildman–Crippen MR) is 113 cm³/mol.